The van der Waals surface area contributed by atoms with E-state index in [0.29, 0.717) is 67.3 Å². The Kier molecular flexibility index (Phi) is 30.0. The number of carbonyl (C=O) groups is 2. The molecule has 5 atom stereocenters. The zero-order chi connectivity index (χ0) is 54.0. The lowest BCUT2D eigenvalue weighted by Gasteiger charge is -2.25. The second-order valence-corrected chi connectivity index (χ2v) is 22.6. The molecule has 2 amide bonds. The van der Waals surface area contributed by atoms with Crippen LogP contribution in [0.2, 0.25) is 0 Å². The van der Waals surface area contributed by atoms with Gasteiger partial charge < -0.3 is 49.8 Å². The maximum atomic E-state index is 12.1. The fourth-order valence-corrected chi connectivity index (χ4v) is 10.5. The van der Waals surface area contributed by atoms with Crippen molar-refractivity contribution >= 4 is 70.1 Å². The Bertz CT molecular complexity index is 2240. The van der Waals surface area contributed by atoms with Crippen LogP contribution in [-0.4, -0.2) is 153 Å². The van der Waals surface area contributed by atoms with Crippen molar-refractivity contribution in [1.82, 2.24) is 24.8 Å². The number of nitrogens with two attached hydrogens (primary N) is 1. The van der Waals surface area contributed by atoms with Crippen molar-refractivity contribution < 1.29 is 53.7 Å². The number of nitrogens with zero attached hydrogens (tertiary/aromatic N) is 5. The molecular formula is C56H94N8O11S3. The molecule has 3 aromatic heterocycles. The Hall–Kier alpha value is -3.52. The average molecular weight is 1150 g/mol. The zero-order valence-electron chi connectivity index (χ0n) is 47.1. The number of pyridine rings is 3. The van der Waals surface area contributed by atoms with Crippen LogP contribution in [0.1, 0.15) is 164 Å². The van der Waals surface area contributed by atoms with Crippen LogP contribution >= 0.6 is 40.5 Å². The summed E-state index contributed by atoms with van der Waals surface area (Å²) in [7, 11) is 0. The molecule has 6 fully saturated rings. The summed E-state index contributed by atoms with van der Waals surface area (Å²) in [5.41, 5.74) is 10.7. The van der Waals surface area contributed by atoms with E-state index in [-0.39, 0.29) is 78.3 Å². The minimum absolute atomic E-state index is 0. The first-order valence-corrected chi connectivity index (χ1v) is 27.3. The van der Waals surface area contributed by atoms with Crippen molar-refractivity contribution in [1.29, 1.82) is 0 Å². The third-order valence-electron chi connectivity index (χ3n) is 14.4. The van der Waals surface area contributed by atoms with Crippen molar-refractivity contribution in [2.45, 2.75) is 173 Å². The summed E-state index contributed by atoms with van der Waals surface area (Å²) in [5.74, 6) is 3.11. The summed E-state index contributed by atoms with van der Waals surface area (Å²) in [6, 6.07) is 11.9. The number of aliphatic hydroxyl groups is 4. The molecule has 8 N–H and O–H groups in total. The molecule has 3 aromatic rings. The van der Waals surface area contributed by atoms with Gasteiger partial charge in [-0.05, 0) is 153 Å². The first kappa shape index (κ1) is 68.8. The molecule has 19 nitrogen and oxygen atoms in total. The normalized spacial score (nSPS) is 22.3. The summed E-state index contributed by atoms with van der Waals surface area (Å²) in [5, 5.41) is 42.4. The third kappa shape index (κ3) is 22.1. The lowest BCUT2D eigenvalue weighted by molar-refractivity contribution is 0.0623. The molecule has 1 aliphatic carbocycles. The molecule has 5 saturated heterocycles. The molecule has 9 rings (SSSR count). The number of hydrogen-bond donors (Lipinski definition) is 7. The van der Waals surface area contributed by atoms with Gasteiger partial charge in [-0.3, -0.25) is 20.4 Å². The Morgan fingerprint density at radius 2 is 0.962 bits per heavy atom. The van der Waals surface area contributed by atoms with Crippen LogP contribution in [0.15, 0.2) is 36.4 Å². The van der Waals surface area contributed by atoms with E-state index in [0.717, 1.165) is 108 Å². The zero-order valence-corrected chi connectivity index (χ0v) is 50.1. The molecule has 0 spiro atoms. The second-order valence-electron chi connectivity index (χ2n) is 22.6. The van der Waals surface area contributed by atoms with Crippen LogP contribution in [0.3, 0.4) is 0 Å². The number of nitrogen functional groups attached to an aromatic ring is 1. The maximum absolute atomic E-state index is 12.1. The predicted molar refractivity (Wildman–Crippen MR) is 319 cm³/mol. The quantitative estimate of drug-likeness (QED) is 0.0857. The topological polar surface area (TPSA) is 256 Å². The van der Waals surface area contributed by atoms with Gasteiger partial charge in [-0.1, -0.05) is 31.0 Å². The third-order valence-corrected chi connectivity index (χ3v) is 14.4. The number of ether oxygens (including phenoxy) is 5. The number of nitrogens with one attached hydrogen (secondary N) is 2. The van der Waals surface area contributed by atoms with Gasteiger partial charge in [0.15, 0.2) is 0 Å². The van der Waals surface area contributed by atoms with E-state index in [1.165, 1.54) is 36.8 Å². The Morgan fingerprint density at radius 3 is 1.32 bits per heavy atom. The van der Waals surface area contributed by atoms with Crippen LogP contribution in [0, 0.1) is 5.92 Å². The Balaban J connectivity index is 0.000000286. The van der Waals surface area contributed by atoms with Gasteiger partial charge in [0.1, 0.15) is 28.7 Å². The van der Waals surface area contributed by atoms with Gasteiger partial charge in [-0.15, -0.1) is 0 Å². The first-order valence-electron chi connectivity index (χ1n) is 27.3. The second kappa shape index (κ2) is 34.0. The molecule has 3 unspecified atom stereocenters. The molecule has 0 bridgehead atoms. The van der Waals surface area contributed by atoms with Crippen LogP contribution in [0.5, 0.6) is 0 Å². The van der Waals surface area contributed by atoms with E-state index in [1.807, 2.05) is 45.0 Å². The smallest absolute Gasteiger partial charge is 0.413 e. The van der Waals surface area contributed by atoms with Gasteiger partial charge in [0.05, 0.1) is 56.7 Å². The highest BCUT2D eigenvalue weighted by molar-refractivity contribution is 7.59. The van der Waals surface area contributed by atoms with E-state index in [4.69, 9.17) is 39.5 Å². The number of carbonyl (C=O) groups excluding carboxylic acids is 2. The van der Waals surface area contributed by atoms with E-state index in [9.17, 15) is 24.9 Å². The lowest BCUT2D eigenvalue weighted by atomic mass is 9.96. The molecule has 442 valence electrons. The maximum Gasteiger partial charge on any atom is 0.413 e. The fraction of sp³-hybridized carbons (Fsp3) is 0.696. The van der Waals surface area contributed by atoms with Crippen LogP contribution in [0.4, 0.5) is 27.0 Å². The Morgan fingerprint density at radius 1 is 0.564 bits per heavy atom. The minimum Gasteiger partial charge on any atom is -0.444 e. The van der Waals surface area contributed by atoms with E-state index < -0.39 is 23.4 Å². The fourth-order valence-electron chi connectivity index (χ4n) is 10.5. The molecular weight excluding hydrogens is 1060 g/mol. The number of likely N-dealkylation sites (tertiary alicyclic amines) is 2. The number of aliphatic hydroxyl groups excluding tert-OH is 4. The van der Waals surface area contributed by atoms with E-state index in [1.54, 1.807) is 26.8 Å². The lowest BCUT2D eigenvalue weighted by Crippen LogP contribution is -2.32. The molecule has 8 heterocycles. The van der Waals surface area contributed by atoms with Crippen molar-refractivity contribution in [3.63, 3.8) is 0 Å². The van der Waals surface area contributed by atoms with Crippen LogP contribution in [0.25, 0.3) is 0 Å². The van der Waals surface area contributed by atoms with Crippen molar-refractivity contribution in [3.8, 4) is 0 Å². The minimum atomic E-state index is -0.564. The highest BCUT2D eigenvalue weighted by Crippen LogP contribution is 2.33. The molecule has 1 saturated carbocycles. The van der Waals surface area contributed by atoms with E-state index in [2.05, 4.69) is 36.5 Å². The van der Waals surface area contributed by atoms with Crippen molar-refractivity contribution in [2.24, 2.45) is 5.92 Å². The standard InChI is InChI=1S/C20H31N3O4.C15H23N3O2.C15H22N2O4.C6H12O.3H2S/c1-20(2,3)27-19(25)22-18-7-6-16(14-8-10-26-13-14)17(21-18)11-23-9-4-5-15(23)12-24;16-15-4-3-13(11-5-7-20-10-11)14(17-15)8-18-6-1-2-12(18)9-19;1-15(2,3)21-14(19)17-13-5-4-11(12(8-18)16-13)10-6-7-20-9-10;7-5-6-3-1-2-4-6;;;/h6-7,14-15,24H,4-5,8-13H2,1-3H3,(H,21,22,25);3-4,11-12,19H,1-2,5-10H2,(H2,16,17);4-5,10,18H,6-9H2,1-3H3,(H,16,17,19);6-7H,1-5H2;3*1H2/t14?,15-;11?,12-;;;;;/m00...../s1. The van der Waals surface area contributed by atoms with E-state index >= 15 is 0 Å². The van der Waals surface area contributed by atoms with Crippen molar-refractivity contribution in [2.75, 3.05) is 88.9 Å². The molecule has 22 heteroatoms. The molecule has 0 radical (unpaired) electrons. The Labute approximate surface area is 484 Å². The predicted octanol–water partition coefficient (Wildman–Crippen LogP) is 7.95. The summed E-state index contributed by atoms with van der Waals surface area (Å²) >= 11 is 0. The average Bonchev–Trinajstić information content (AvgIpc) is 4.23. The van der Waals surface area contributed by atoms with Crippen LogP contribution in [-0.2, 0) is 43.4 Å². The SMILES string of the molecule is CC(C)(C)OC(=O)Nc1ccc(C2CCOC2)c(CN2CCC[C@H]2CO)n1.CC(C)(C)OC(=O)Nc1ccc(C2CCOC2)c(CO)n1.Nc1ccc(C2CCOC2)c(CN2CCC[C@H]2CO)n1.OCC1CCCC1.S.S.S. The number of amides is 2. The monoisotopic (exact) mass is 1150 g/mol. The van der Waals surface area contributed by atoms with Gasteiger partial charge in [0.25, 0.3) is 0 Å². The van der Waals surface area contributed by atoms with Gasteiger partial charge >= 0.3 is 12.2 Å². The summed E-state index contributed by atoms with van der Waals surface area (Å²) in [4.78, 5) is 42.0. The summed E-state index contributed by atoms with van der Waals surface area (Å²) in [6.45, 7) is 19.4. The van der Waals surface area contributed by atoms with Gasteiger partial charge in [-0.25, -0.2) is 24.5 Å². The van der Waals surface area contributed by atoms with Gasteiger partial charge in [0.2, 0.25) is 0 Å². The highest BCUT2D eigenvalue weighted by atomic mass is 32.1. The molecule has 78 heavy (non-hydrogen) atoms. The van der Waals surface area contributed by atoms with Gasteiger partial charge in [-0.2, -0.15) is 40.5 Å². The summed E-state index contributed by atoms with van der Waals surface area (Å²) < 4.78 is 26.9. The number of anilines is 3. The molecule has 0 aromatic carbocycles. The van der Waals surface area contributed by atoms with Gasteiger partial charge in [0, 0.05) is 69.4 Å². The number of rotatable bonds is 13. The number of hydrogen-bond acceptors (Lipinski definition) is 17. The summed E-state index contributed by atoms with van der Waals surface area (Å²) in [6.07, 6.45) is 11.4. The first-order chi connectivity index (χ1) is 35.9. The largest absolute Gasteiger partial charge is 0.444 e. The van der Waals surface area contributed by atoms with Crippen LogP contribution < -0.4 is 16.4 Å². The molecule has 6 aliphatic rings. The highest BCUT2D eigenvalue weighted by Gasteiger charge is 2.30. The van der Waals surface area contributed by atoms with Crippen molar-refractivity contribution in [3.05, 3.63) is 70.2 Å². The molecule has 5 aliphatic heterocycles. The number of aromatic nitrogens is 3.